The molecule has 2 aromatic carbocycles. The van der Waals surface area contributed by atoms with Gasteiger partial charge in [-0.2, -0.15) is 0 Å². The molecule has 2 aliphatic heterocycles. The molecule has 38 heavy (non-hydrogen) atoms. The minimum Gasteiger partial charge on any atom is -0.461 e. The van der Waals surface area contributed by atoms with Crippen LogP contribution in [-0.4, -0.2) is 46.7 Å². The molecule has 0 amide bonds. The maximum atomic E-state index is 14.3. The van der Waals surface area contributed by atoms with E-state index in [1.54, 1.807) is 6.07 Å². The molecular formula is C30H32F2N4O2. The number of H-pyrrole nitrogens is 2. The molecule has 3 aliphatic rings. The van der Waals surface area contributed by atoms with Gasteiger partial charge in [-0.05, 0) is 85.5 Å². The largest absolute Gasteiger partial charge is 0.461 e. The summed E-state index contributed by atoms with van der Waals surface area (Å²) in [5.41, 5.74) is 5.60. The van der Waals surface area contributed by atoms with E-state index in [-0.39, 0.29) is 29.7 Å². The first-order chi connectivity index (χ1) is 18.4. The second-order valence-corrected chi connectivity index (χ2v) is 11.4. The van der Waals surface area contributed by atoms with Crippen LogP contribution in [0.3, 0.4) is 0 Å². The monoisotopic (exact) mass is 518 g/mol. The highest BCUT2D eigenvalue weighted by molar-refractivity contribution is 5.96. The zero-order valence-electron chi connectivity index (χ0n) is 21.4. The third kappa shape index (κ3) is 4.20. The number of esters is 1. The molecule has 8 heteroatoms. The number of nitrogens with one attached hydrogen (secondary N) is 4. The van der Waals surface area contributed by atoms with Gasteiger partial charge in [0.05, 0.1) is 11.4 Å². The molecule has 7 rings (SSSR count). The van der Waals surface area contributed by atoms with Crippen molar-refractivity contribution in [1.29, 1.82) is 0 Å². The van der Waals surface area contributed by atoms with Gasteiger partial charge in [0.1, 0.15) is 17.7 Å². The van der Waals surface area contributed by atoms with Crippen molar-refractivity contribution >= 4 is 27.8 Å². The number of hydrogen-bond acceptors (Lipinski definition) is 4. The average Bonchev–Trinajstić information content (AvgIpc) is 3.69. The molecule has 2 aromatic heterocycles. The molecule has 1 saturated carbocycles. The quantitative estimate of drug-likeness (QED) is 0.267. The van der Waals surface area contributed by atoms with Gasteiger partial charge in [-0.1, -0.05) is 0 Å². The van der Waals surface area contributed by atoms with E-state index in [1.807, 2.05) is 12.1 Å². The van der Waals surface area contributed by atoms with Crippen molar-refractivity contribution in [1.82, 2.24) is 20.6 Å². The predicted molar refractivity (Wildman–Crippen MR) is 143 cm³/mol. The molecule has 0 radical (unpaired) electrons. The van der Waals surface area contributed by atoms with E-state index in [1.165, 1.54) is 44.4 Å². The molecular weight excluding hydrogens is 486 g/mol. The van der Waals surface area contributed by atoms with E-state index in [2.05, 4.69) is 20.6 Å². The lowest BCUT2D eigenvalue weighted by molar-refractivity contribution is -0.145. The molecule has 4 N–H and O–H groups in total. The van der Waals surface area contributed by atoms with E-state index in [9.17, 15) is 13.6 Å². The molecule has 0 spiro atoms. The van der Waals surface area contributed by atoms with Crippen LogP contribution in [0, 0.1) is 17.6 Å². The average molecular weight is 519 g/mol. The number of aromatic nitrogens is 2. The van der Waals surface area contributed by atoms with Crippen LogP contribution in [-0.2, 0) is 22.4 Å². The van der Waals surface area contributed by atoms with Gasteiger partial charge in [0.25, 0.3) is 0 Å². The summed E-state index contributed by atoms with van der Waals surface area (Å²) >= 11 is 0. The van der Waals surface area contributed by atoms with Gasteiger partial charge in [0, 0.05) is 59.8 Å². The van der Waals surface area contributed by atoms with E-state index in [0.717, 1.165) is 50.7 Å². The van der Waals surface area contributed by atoms with Gasteiger partial charge < -0.3 is 25.3 Å². The Morgan fingerprint density at radius 2 is 1.58 bits per heavy atom. The normalized spacial score (nSPS) is 26.7. The van der Waals surface area contributed by atoms with E-state index < -0.39 is 0 Å². The van der Waals surface area contributed by atoms with Crippen LogP contribution in [0.15, 0.2) is 36.4 Å². The van der Waals surface area contributed by atoms with E-state index in [0.29, 0.717) is 37.4 Å². The predicted octanol–water partition coefficient (Wildman–Crippen LogP) is 5.11. The Morgan fingerprint density at radius 1 is 0.921 bits per heavy atom. The van der Waals surface area contributed by atoms with Gasteiger partial charge in [-0.3, -0.25) is 4.79 Å². The van der Waals surface area contributed by atoms with E-state index in [4.69, 9.17) is 4.74 Å². The Labute approximate surface area is 219 Å². The Balaban J connectivity index is 1.32. The van der Waals surface area contributed by atoms with E-state index >= 15 is 0 Å². The van der Waals surface area contributed by atoms with Crippen LogP contribution in [0.1, 0.15) is 43.7 Å². The fourth-order valence-corrected chi connectivity index (χ4v) is 7.23. The molecule has 2 saturated heterocycles. The summed E-state index contributed by atoms with van der Waals surface area (Å²) in [4.78, 5) is 18.5. The second kappa shape index (κ2) is 9.20. The minimum atomic E-state index is -0.295. The first-order valence-electron chi connectivity index (χ1n) is 13.7. The van der Waals surface area contributed by atoms with Crippen LogP contribution < -0.4 is 10.6 Å². The SMILES string of the molecule is CC(=O)O[C@@H]1CN[C@H](Cc2c(-c3[nH]c4cc(F)ccc4c3C[C@H]3N[C@@H]4CC[C@H]3C4)[nH]c3cc(F)ccc23)C1. The molecule has 4 aromatic rings. The summed E-state index contributed by atoms with van der Waals surface area (Å²) in [6.07, 6.45) is 5.82. The van der Waals surface area contributed by atoms with Gasteiger partial charge >= 0.3 is 5.97 Å². The molecule has 6 nitrogen and oxygen atoms in total. The van der Waals surface area contributed by atoms with Crippen molar-refractivity contribution in [3.63, 3.8) is 0 Å². The number of piperidine rings is 1. The lowest BCUT2D eigenvalue weighted by Crippen LogP contribution is -2.37. The second-order valence-electron chi connectivity index (χ2n) is 11.4. The summed E-state index contributed by atoms with van der Waals surface area (Å²) in [6, 6.07) is 10.9. The van der Waals surface area contributed by atoms with Crippen molar-refractivity contribution in [3.8, 4) is 11.4 Å². The molecule has 4 heterocycles. The summed E-state index contributed by atoms with van der Waals surface area (Å²) in [5.74, 6) is -0.184. The molecule has 3 fully saturated rings. The molecule has 1 aliphatic carbocycles. The maximum absolute atomic E-state index is 14.3. The summed E-state index contributed by atoms with van der Waals surface area (Å²) in [5, 5.41) is 9.30. The highest BCUT2D eigenvalue weighted by Gasteiger charge is 2.39. The first-order valence-corrected chi connectivity index (χ1v) is 13.7. The maximum Gasteiger partial charge on any atom is 0.302 e. The summed E-state index contributed by atoms with van der Waals surface area (Å²) in [6.45, 7) is 2.05. The van der Waals surface area contributed by atoms with Crippen molar-refractivity contribution in [2.24, 2.45) is 5.92 Å². The number of aromatic amines is 2. The van der Waals surface area contributed by atoms with Gasteiger partial charge in [0.15, 0.2) is 0 Å². The zero-order chi connectivity index (χ0) is 26.0. The molecule has 198 valence electrons. The van der Waals surface area contributed by atoms with Crippen LogP contribution in [0.5, 0.6) is 0 Å². The number of benzene rings is 2. The minimum absolute atomic E-state index is 0.111. The Kier molecular flexibility index (Phi) is 5.78. The third-order valence-corrected chi connectivity index (χ3v) is 8.87. The molecule has 0 unspecified atom stereocenters. The van der Waals surface area contributed by atoms with Crippen molar-refractivity contribution < 1.29 is 18.3 Å². The number of carbonyl (C=O) groups excluding carboxylic acids is 1. The number of rotatable bonds is 6. The highest BCUT2D eigenvalue weighted by atomic mass is 19.1. The lowest BCUT2D eigenvalue weighted by atomic mass is 9.91. The third-order valence-electron chi connectivity index (χ3n) is 8.87. The Morgan fingerprint density at radius 3 is 2.16 bits per heavy atom. The van der Waals surface area contributed by atoms with Gasteiger partial charge in [0.2, 0.25) is 0 Å². The Hall–Kier alpha value is -3.23. The first kappa shape index (κ1) is 23.9. The van der Waals surface area contributed by atoms with Crippen LogP contribution >= 0.6 is 0 Å². The number of carbonyl (C=O) groups is 1. The van der Waals surface area contributed by atoms with Crippen molar-refractivity contribution in [3.05, 3.63) is 59.2 Å². The summed E-state index contributed by atoms with van der Waals surface area (Å²) in [7, 11) is 0. The fourth-order valence-electron chi connectivity index (χ4n) is 7.23. The van der Waals surface area contributed by atoms with Crippen LogP contribution in [0.25, 0.3) is 33.2 Å². The summed E-state index contributed by atoms with van der Waals surface area (Å²) < 4.78 is 34.0. The molecule has 2 bridgehead atoms. The number of halogens is 2. The van der Waals surface area contributed by atoms with Gasteiger partial charge in [-0.15, -0.1) is 0 Å². The van der Waals surface area contributed by atoms with Crippen LogP contribution in [0.2, 0.25) is 0 Å². The zero-order valence-corrected chi connectivity index (χ0v) is 21.4. The fraction of sp³-hybridized carbons (Fsp3) is 0.433. The Bertz CT molecular complexity index is 1540. The topological polar surface area (TPSA) is 81.9 Å². The van der Waals surface area contributed by atoms with Crippen LogP contribution in [0.4, 0.5) is 8.78 Å². The highest BCUT2D eigenvalue weighted by Crippen LogP contribution is 2.41. The lowest BCUT2D eigenvalue weighted by Gasteiger charge is -2.23. The number of hydrogen-bond donors (Lipinski definition) is 4. The smallest absolute Gasteiger partial charge is 0.302 e. The van der Waals surface area contributed by atoms with Crippen molar-refractivity contribution in [2.45, 2.75) is 69.7 Å². The standard InChI is InChI=1S/C30H32F2N4O2/c1-15(37)38-21-11-20(33-14-21)12-24-22-6-3-17(31)9-27(22)35-29(24)30-25(13-26-16-2-5-19(8-16)34-26)23-7-4-18(32)10-28(23)36-30/h3-4,6-7,9-10,16,19-21,26,33-36H,2,5,8,11-14H2,1H3/t16-,19+,20-,21-,26+/m0/s1. The molecule has 5 atom stereocenters. The number of ether oxygens (including phenoxy) is 1. The van der Waals surface area contributed by atoms with Crippen molar-refractivity contribution in [2.75, 3.05) is 6.54 Å². The van der Waals surface area contributed by atoms with Gasteiger partial charge in [-0.25, -0.2) is 8.78 Å². The number of fused-ring (bicyclic) bond motifs is 4.